The summed E-state index contributed by atoms with van der Waals surface area (Å²) in [6, 6.07) is 7.51. The number of fused-ring (bicyclic) bond motifs is 1. The number of halogens is 1. The first kappa shape index (κ1) is 16.4. The van der Waals surface area contributed by atoms with E-state index in [2.05, 4.69) is 26.7 Å². The molecule has 0 spiro atoms. The van der Waals surface area contributed by atoms with Crippen LogP contribution in [-0.4, -0.2) is 34.7 Å². The summed E-state index contributed by atoms with van der Waals surface area (Å²) in [6.07, 6.45) is 2.54. The zero-order chi connectivity index (χ0) is 16.1. The summed E-state index contributed by atoms with van der Waals surface area (Å²) in [5, 5.41) is 6.96. The number of hydrogen-bond donors (Lipinski definition) is 3. The molecule has 1 aliphatic heterocycles. The van der Waals surface area contributed by atoms with Crippen LogP contribution in [0.25, 0.3) is 0 Å². The fraction of sp³-hybridized carbons (Fsp3) is 0.375. The Morgan fingerprint density at radius 2 is 2.39 bits per heavy atom. The van der Waals surface area contributed by atoms with E-state index in [4.69, 9.17) is 11.6 Å². The van der Waals surface area contributed by atoms with Crippen molar-refractivity contribution in [2.24, 2.45) is 0 Å². The fourth-order valence-corrected chi connectivity index (χ4v) is 3.62. The Hall–Kier alpha value is -1.50. The minimum absolute atomic E-state index is 0.0126. The summed E-state index contributed by atoms with van der Waals surface area (Å²) < 4.78 is 0. The van der Waals surface area contributed by atoms with E-state index in [0.29, 0.717) is 6.54 Å². The van der Waals surface area contributed by atoms with Crippen molar-refractivity contribution in [3.05, 3.63) is 52.6 Å². The van der Waals surface area contributed by atoms with Gasteiger partial charge in [0.25, 0.3) is 0 Å². The minimum atomic E-state index is -0.345. The standard InChI is InChI=1S/C16H19ClN4OS/c17-12-3-1-2-11(8-12)9-23-7-6-19-16(22)15-14-13(4-5-18-15)20-10-21-14/h1-3,8,10,15,18H,4-7,9H2,(H,19,22)(H,20,21)/t15-/m0/s1. The third kappa shape index (κ3) is 4.28. The van der Waals surface area contributed by atoms with Gasteiger partial charge in [0.1, 0.15) is 6.04 Å². The summed E-state index contributed by atoms with van der Waals surface area (Å²) in [5.74, 6) is 1.74. The van der Waals surface area contributed by atoms with E-state index < -0.39 is 0 Å². The first-order chi connectivity index (χ1) is 11.2. The molecular weight excluding hydrogens is 332 g/mol. The molecule has 2 heterocycles. The van der Waals surface area contributed by atoms with Crippen LogP contribution in [0.2, 0.25) is 5.02 Å². The molecule has 7 heteroatoms. The van der Waals surface area contributed by atoms with Crippen LogP contribution in [0.4, 0.5) is 0 Å². The lowest BCUT2D eigenvalue weighted by Crippen LogP contribution is -2.42. The number of carbonyl (C=O) groups excluding carboxylic acids is 1. The summed E-state index contributed by atoms with van der Waals surface area (Å²) in [7, 11) is 0. The van der Waals surface area contributed by atoms with Gasteiger partial charge >= 0.3 is 0 Å². The highest BCUT2D eigenvalue weighted by molar-refractivity contribution is 7.98. The molecule has 1 aromatic heterocycles. The number of imidazole rings is 1. The number of thioether (sulfide) groups is 1. The van der Waals surface area contributed by atoms with Gasteiger partial charge in [-0.15, -0.1) is 0 Å². The van der Waals surface area contributed by atoms with Gasteiger partial charge in [0.2, 0.25) is 5.91 Å². The molecule has 3 rings (SSSR count). The summed E-state index contributed by atoms with van der Waals surface area (Å²) in [4.78, 5) is 19.6. The lowest BCUT2D eigenvalue weighted by atomic mass is 10.1. The highest BCUT2D eigenvalue weighted by Crippen LogP contribution is 2.19. The Bertz CT molecular complexity index is 676. The van der Waals surface area contributed by atoms with Crippen LogP contribution in [0, 0.1) is 0 Å². The predicted octanol–water partition coefficient (Wildman–Crippen LogP) is 2.30. The van der Waals surface area contributed by atoms with Crippen LogP contribution in [0.1, 0.15) is 23.0 Å². The van der Waals surface area contributed by atoms with Crippen LogP contribution in [0.3, 0.4) is 0 Å². The number of hydrogen-bond acceptors (Lipinski definition) is 4. The second kappa shape index (κ2) is 7.86. The van der Waals surface area contributed by atoms with E-state index in [0.717, 1.165) is 40.9 Å². The van der Waals surface area contributed by atoms with Crippen LogP contribution in [-0.2, 0) is 17.0 Å². The van der Waals surface area contributed by atoms with Crippen molar-refractivity contribution in [1.82, 2.24) is 20.6 Å². The Kier molecular flexibility index (Phi) is 5.59. The number of aromatic nitrogens is 2. The number of nitrogens with zero attached hydrogens (tertiary/aromatic N) is 1. The van der Waals surface area contributed by atoms with Crippen molar-refractivity contribution in [2.45, 2.75) is 18.2 Å². The number of amides is 1. The molecule has 1 atom stereocenters. The van der Waals surface area contributed by atoms with Crippen molar-refractivity contribution in [3.63, 3.8) is 0 Å². The van der Waals surface area contributed by atoms with Crippen LogP contribution >= 0.6 is 23.4 Å². The Morgan fingerprint density at radius 1 is 1.48 bits per heavy atom. The number of benzene rings is 1. The largest absolute Gasteiger partial charge is 0.354 e. The number of carbonyl (C=O) groups is 1. The molecule has 122 valence electrons. The van der Waals surface area contributed by atoms with Crippen molar-refractivity contribution in [1.29, 1.82) is 0 Å². The SMILES string of the molecule is O=C(NCCSCc1cccc(Cl)c1)[C@H]1NCCc2[nH]cnc21. The van der Waals surface area contributed by atoms with Crippen LogP contribution < -0.4 is 10.6 Å². The molecule has 0 saturated carbocycles. The molecule has 1 aliphatic rings. The van der Waals surface area contributed by atoms with Gasteiger partial charge in [0.15, 0.2) is 0 Å². The number of nitrogens with one attached hydrogen (secondary N) is 3. The maximum Gasteiger partial charge on any atom is 0.243 e. The molecule has 0 aliphatic carbocycles. The van der Waals surface area contributed by atoms with E-state index in [9.17, 15) is 4.79 Å². The lowest BCUT2D eigenvalue weighted by Gasteiger charge is -2.22. The molecular formula is C16H19ClN4OS. The Balaban J connectivity index is 1.40. The van der Waals surface area contributed by atoms with Gasteiger partial charge < -0.3 is 15.6 Å². The number of rotatable bonds is 6. The quantitative estimate of drug-likeness (QED) is 0.699. The highest BCUT2D eigenvalue weighted by atomic mass is 35.5. The maximum atomic E-state index is 12.3. The van der Waals surface area contributed by atoms with E-state index >= 15 is 0 Å². The molecule has 0 unspecified atom stereocenters. The summed E-state index contributed by atoms with van der Waals surface area (Å²) >= 11 is 7.74. The van der Waals surface area contributed by atoms with Crippen LogP contribution in [0.15, 0.2) is 30.6 Å². The van der Waals surface area contributed by atoms with Gasteiger partial charge in [-0.25, -0.2) is 4.98 Å². The molecule has 23 heavy (non-hydrogen) atoms. The smallest absolute Gasteiger partial charge is 0.243 e. The highest BCUT2D eigenvalue weighted by Gasteiger charge is 2.27. The second-order valence-electron chi connectivity index (χ2n) is 5.38. The van der Waals surface area contributed by atoms with Gasteiger partial charge in [0.05, 0.1) is 12.0 Å². The zero-order valence-corrected chi connectivity index (χ0v) is 14.2. The molecule has 5 nitrogen and oxygen atoms in total. The van der Waals surface area contributed by atoms with Crippen molar-refractivity contribution in [2.75, 3.05) is 18.8 Å². The minimum Gasteiger partial charge on any atom is -0.354 e. The van der Waals surface area contributed by atoms with E-state index in [1.54, 1.807) is 18.1 Å². The molecule has 3 N–H and O–H groups in total. The normalized spacial score (nSPS) is 16.8. The second-order valence-corrected chi connectivity index (χ2v) is 6.92. The van der Waals surface area contributed by atoms with E-state index in [1.165, 1.54) is 5.56 Å². The van der Waals surface area contributed by atoms with E-state index in [1.807, 2.05) is 18.2 Å². The van der Waals surface area contributed by atoms with Crippen molar-refractivity contribution in [3.8, 4) is 0 Å². The zero-order valence-electron chi connectivity index (χ0n) is 12.6. The predicted molar refractivity (Wildman–Crippen MR) is 93.7 cm³/mol. The van der Waals surface area contributed by atoms with Gasteiger partial charge in [-0.3, -0.25) is 4.79 Å². The molecule has 0 radical (unpaired) electrons. The van der Waals surface area contributed by atoms with Crippen molar-refractivity contribution >= 4 is 29.3 Å². The average molecular weight is 351 g/mol. The summed E-state index contributed by atoms with van der Waals surface area (Å²) in [6.45, 7) is 1.43. The molecule has 0 fully saturated rings. The Morgan fingerprint density at radius 3 is 3.26 bits per heavy atom. The fourth-order valence-electron chi connectivity index (χ4n) is 2.60. The van der Waals surface area contributed by atoms with E-state index in [-0.39, 0.29) is 11.9 Å². The Labute approximate surface area is 144 Å². The number of H-pyrrole nitrogens is 1. The van der Waals surface area contributed by atoms with Gasteiger partial charge in [-0.2, -0.15) is 11.8 Å². The number of aromatic amines is 1. The summed E-state index contributed by atoms with van der Waals surface area (Å²) in [5.41, 5.74) is 3.07. The first-order valence-electron chi connectivity index (χ1n) is 7.59. The lowest BCUT2D eigenvalue weighted by molar-refractivity contribution is -0.123. The molecule has 1 aromatic carbocycles. The van der Waals surface area contributed by atoms with Crippen molar-refractivity contribution < 1.29 is 4.79 Å². The van der Waals surface area contributed by atoms with Crippen LogP contribution in [0.5, 0.6) is 0 Å². The maximum absolute atomic E-state index is 12.3. The topological polar surface area (TPSA) is 69.8 Å². The van der Waals surface area contributed by atoms with Gasteiger partial charge in [-0.1, -0.05) is 23.7 Å². The first-order valence-corrected chi connectivity index (χ1v) is 9.13. The molecule has 2 aromatic rings. The molecule has 0 bridgehead atoms. The monoisotopic (exact) mass is 350 g/mol. The molecule has 1 amide bonds. The third-order valence-electron chi connectivity index (χ3n) is 3.71. The van der Waals surface area contributed by atoms with Gasteiger partial charge in [-0.05, 0) is 17.7 Å². The third-order valence-corrected chi connectivity index (χ3v) is 4.98. The van der Waals surface area contributed by atoms with Gasteiger partial charge in [0, 0.05) is 41.7 Å². The molecule has 0 saturated heterocycles. The average Bonchev–Trinajstić information content (AvgIpc) is 3.03.